The van der Waals surface area contributed by atoms with Crippen molar-refractivity contribution in [2.45, 2.75) is 13.8 Å². The van der Waals surface area contributed by atoms with E-state index in [0.29, 0.717) is 22.1 Å². The van der Waals surface area contributed by atoms with E-state index >= 15 is 0 Å². The standard InChI is InChI=1S/C17H20N4O6/c1-10(2)8-18-16(25)19-13(22)9-20-14(23)15(24)21(17(20)26)11-4-6-12(27-3)7-5-11/h4-7,10H,8-9H2,1-3H3,(H2,18,19,22,25). The molecule has 1 saturated heterocycles. The Labute approximate surface area is 155 Å². The first-order valence-corrected chi connectivity index (χ1v) is 8.16. The molecule has 144 valence electrons. The lowest BCUT2D eigenvalue weighted by molar-refractivity contribution is -0.140. The third kappa shape index (κ3) is 4.60. The summed E-state index contributed by atoms with van der Waals surface area (Å²) in [5.41, 5.74) is 0.164. The second kappa shape index (κ2) is 8.30. The Morgan fingerprint density at radius 1 is 1.07 bits per heavy atom. The summed E-state index contributed by atoms with van der Waals surface area (Å²) in [6.07, 6.45) is 0. The largest absolute Gasteiger partial charge is 0.497 e. The minimum atomic E-state index is -1.14. The second-order valence-corrected chi connectivity index (χ2v) is 6.16. The van der Waals surface area contributed by atoms with Gasteiger partial charge in [-0.3, -0.25) is 19.7 Å². The average molecular weight is 376 g/mol. The second-order valence-electron chi connectivity index (χ2n) is 6.16. The predicted molar refractivity (Wildman–Crippen MR) is 94.0 cm³/mol. The summed E-state index contributed by atoms with van der Waals surface area (Å²) in [5.74, 6) is -2.42. The smallest absolute Gasteiger partial charge is 0.339 e. The highest BCUT2D eigenvalue weighted by molar-refractivity contribution is 6.53. The van der Waals surface area contributed by atoms with Gasteiger partial charge in [0, 0.05) is 6.54 Å². The monoisotopic (exact) mass is 376 g/mol. The number of ether oxygens (including phenoxy) is 1. The van der Waals surface area contributed by atoms with Gasteiger partial charge in [0.05, 0.1) is 12.8 Å². The van der Waals surface area contributed by atoms with Crippen molar-refractivity contribution >= 4 is 35.5 Å². The lowest BCUT2D eigenvalue weighted by Gasteiger charge is -2.15. The number of methoxy groups -OCH3 is 1. The molecule has 27 heavy (non-hydrogen) atoms. The molecule has 0 aromatic heterocycles. The van der Waals surface area contributed by atoms with Crippen molar-refractivity contribution in [1.82, 2.24) is 15.5 Å². The minimum Gasteiger partial charge on any atom is -0.497 e. The average Bonchev–Trinajstić information content (AvgIpc) is 2.83. The Morgan fingerprint density at radius 2 is 1.70 bits per heavy atom. The first kappa shape index (κ1) is 19.9. The SMILES string of the molecule is COc1ccc(N2C(=O)C(=O)N(CC(=O)NC(=O)NCC(C)C)C2=O)cc1. The molecule has 2 rings (SSSR count). The van der Waals surface area contributed by atoms with E-state index in [9.17, 15) is 24.0 Å². The summed E-state index contributed by atoms with van der Waals surface area (Å²) in [6.45, 7) is 3.36. The molecule has 0 unspecified atom stereocenters. The summed E-state index contributed by atoms with van der Waals surface area (Å²) in [4.78, 5) is 61.3. The number of imide groups is 3. The van der Waals surface area contributed by atoms with Crippen LogP contribution in [0.1, 0.15) is 13.8 Å². The molecule has 0 aliphatic carbocycles. The molecule has 0 atom stereocenters. The molecule has 0 spiro atoms. The molecule has 1 fully saturated rings. The Kier molecular flexibility index (Phi) is 6.11. The number of urea groups is 2. The third-order valence-electron chi connectivity index (χ3n) is 3.61. The summed E-state index contributed by atoms with van der Waals surface area (Å²) in [7, 11) is 1.46. The molecule has 0 saturated carbocycles. The Balaban J connectivity index is 2.04. The van der Waals surface area contributed by atoms with E-state index < -0.39 is 36.3 Å². The molecule has 1 aromatic rings. The lowest BCUT2D eigenvalue weighted by Crippen LogP contribution is -2.47. The van der Waals surface area contributed by atoms with Crippen LogP contribution in [0.15, 0.2) is 24.3 Å². The van der Waals surface area contributed by atoms with Crippen LogP contribution in [-0.2, 0) is 14.4 Å². The van der Waals surface area contributed by atoms with Crippen molar-refractivity contribution in [3.05, 3.63) is 24.3 Å². The van der Waals surface area contributed by atoms with E-state index in [-0.39, 0.29) is 11.6 Å². The van der Waals surface area contributed by atoms with E-state index in [0.717, 1.165) is 0 Å². The summed E-state index contributed by atoms with van der Waals surface area (Å²) in [6, 6.07) is 4.21. The van der Waals surface area contributed by atoms with Crippen molar-refractivity contribution < 1.29 is 28.7 Å². The fourth-order valence-corrected chi connectivity index (χ4v) is 2.25. The molecule has 1 heterocycles. The highest BCUT2D eigenvalue weighted by Gasteiger charge is 2.46. The molecule has 7 amide bonds. The number of rotatable bonds is 6. The van der Waals surface area contributed by atoms with Crippen LogP contribution in [0.3, 0.4) is 0 Å². The van der Waals surface area contributed by atoms with Gasteiger partial charge in [-0.05, 0) is 30.2 Å². The van der Waals surface area contributed by atoms with Crippen LogP contribution < -0.4 is 20.3 Å². The quantitative estimate of drug-likeness (QED) is 0.549. The van der Waals surface area contributed by atoms with Gasteiger partial charge in [-0.1, -0.05) is 13.8 Å². The van der Waals surface area contributed by atoms with Crippen molar-refractivity contribution in [3.8, 4) is 5.75 Å². The molecule has 10 heteroatoms. The predicted octanol–water partition coefficient (Wildman–Crippen LogP) is 0.472. The third-order valence-corrected chi connectivity index (χ3v) is 3.61. The molecule has 0 bridgehead atoms. The van der Waals surface area contributed by atoms with E-state index in [1.807, 2.05) is 19.2 Å². The van der Waals surface area contributed by atoms with Gasteiger partial charge in [-0.2, -0.15) is 0 Å². The number of benzene rings is 1. The molecule has 1 aliphatic heterocycles. The van der Waals surface area contributed by atoms with E-state index in [2.05, 4.69) is 5.32 Å². The van der Waals surface area contributed by atoms with Gasteiger partial charge in [0.1, 0.15) is 12.3 Å². The number of amides is 7. The molecular formula is C17H20N4O6. The fourth-order valence-electron chi connectivity index (χ4n) is 2.25. The number of carbonyl (C=O) groups is 5. The highest BCUT2D eigenvalue weighted by atomic mass is 16.5. The van der Waals surface area contributed by atoms with Gasteiger partial charge in [0.25, 0.3) is 0 Å². The van der Waals surface area contributed by atoms with Crippen molar-refractivity contribution in [2.75, 3.05) is 25.1 Å². The van der Waals surface area contributed by atoms with Gasteiger partial charge >= 0.3 is 23.9 Å². The maximum Gasteiger partial charge on any atom is 0.339 e. The molecule has 10 nitrogen and oxygen atoms in total. The number of nitrogens with one attached hydrogen (secondary N) is 2. The van der Waals surface area contributed by atoms with Crippen LogP contribution in [0.5, 0.6) is 5.75 Å². The molecule has 1 aromatic carbocycles. The topological polar surface area (TPSA) is 125 Å². The van der Waals surface area contributed by atoms with Gasteiger partial charge in [0.15, 0.2) is 0 Å². The van der Waals surface area contributed by atoms with Crippen LogP contribution in [0.4, 0.5) is 15.3 Å². The van der Waals surface area contributed by atoms with E-state index in [4.69, 9.17) is 4.74 Å². The number of nitrogens with zero attached hydrogens (tertiary/aromatic N) is 2. The van der Waals surface area contributed by atoms with Crippen LogP contribution in [0, 0.1) is 5.92 Å². The zero-order valence-electron chi connectivity index (χ0n) is 15.1. The van der Waals surface area contributed by atoms with Gasteiger partial charge in [0.2, 0.25) is 5.91 Å². The highest BCUT2D eigenvalue weighted by Crippen LogP contribution is 2.24. The zero-order valence-corrected chi connectivity index (χ0v) is 15.1. The van der Waals surface area contributed by atoms with Crippen LogP contribution in [-0.4, -0.2) is 54.9 Å². The molecule has 0 radical (unpaired) electrons. The zero-order chi connectivity index (χ0) is 20.1. The molecule has 2 N–H and O–H groups in total. The summed E-state index contributed by atoms with van der Waals surface area (Å²) >= 11 is 0. The van der Waals surface area contributed by atoms with Crippen LogP contribution in [0.25, 0.3) is 0 Å². The summed E-state index contributed by atoms with van der Waals surface area (Å²) < 4.78 is 5.00. The van der Waals surface area contributed by atoms with Gasteiger partial charge in [-0.25, -0.2) is 19.4 Å². The van der Waals surface area contributed by atoms with Gasteiger partial charge < -0.3 is 10.1 Å². The Morgan fingerprint density at radius 3 is 2.26 bits per heavy atom. The maximum absolute atomic E-state index is 12.4. The van der Waals surface area contributed by atoms with Crippen molar-refractivity contribution in [3.63, 3.8) is 0 Å². The number of hydrogen-bond donors (Lipinski definition) is 2. The number of carbonyl (C=O) groups excluding carboxylic acids is 5. The minimum absolute atomic E-state index is 0.164. The van der Waals surface area contributed by atoms with E-state index in [1.165, 1.54) is 31.4 Å². The number of anilines is 1. The Hall–Kier alpha value is -3.43. The normalized spacial score (nSPS) is 14.0. The van der Waals surface area contributed by atoms with Crippen molar-refractivity contribution in [2.24, 2.45) is 5.92 Å². The van der Waals surface area contributed by atoms with Crippen LogP contribution in [0.2, 0.25) is 0 Å². The Bertz CT molecular complexity index is 774. The first-order valence-electron chi connectivity index (χ1n) is 8.16. The fraction of sp³-hybridized carbons (Fsp3) is 0.353. The maximum atomic E-state index is 12.4. The first-order chi connectivity index (χ1) is 12.7. The van der Waals surface area contributed by atoms with Crippen molar-refractivity contribution in [1.29, 1.82) is 0 Å². The number of hydrogen-bond acceptors (Lipinski definition) is 6. The van der Waals surface area contributed by atoms with E-state index in [1.54, 1.807) is 0 Å². The van der Waals surface area contributed by atoms with Crippen LogP contribution >= 0.6 is 0 Å². The van der Waals surface area contributed by atoms with Gasteiger partial charge in [-0.15, -0.1) is 0 Å². The molecule has 1 aliphatic rings. The summed E-state index contributed by atoms with van der Waals surface area (Å²) in [5, 5.41) is 4.47. The lowest BCUT2D eigenvalue weighted by atomic mass is 10.2. The molecular weight excluding hydrogens is 356 g/mol.